The number of nitrogens with zero attached hydrogens (tertiary/aromatic N) is 5. The Labute approximate surface area is 170 Å². The first-order valence-corrected chi connectivity index (χ1v) is 9.80. The molecule has 5 rings (SSSR count). The molecule has 9 heteroatoms. The highest BCUT2D eigenvalue weighted by Crippen LogP contribution is 2.20. The molecule has 0 aromatic carbocycles. The summed E-state index contributed by atoms with van der Waals surface area (Å²) < 4.78 is 3.44. The van der Waals surface area contributed by atoms with Gasteiger partial charge >= 0.3 is 0 Å². The van der Waals surface area contributed by atoms with Crippen LogP contribution in [0.2, 0.25) is 0 Å². The Balaban J connectivity index is 1.66. The third-order valence-corrected chi connectivity index (χ3v) is 5.61. The van der Waals surface area contributed by atoms with Crippen molar-refractivity contribution >= 4 is 16.6 Å². The Morgan fingerprint density at radius 2 is 2.03 bits per heavy atom. The van der Waals surface area contributed by atoms with E-state index in [1.165, 1.54) is 6.20 Å². The third-order valence-electron chi connectivity index (χ3n) is 5.61. The van der Waals surface area contributed by atoms with Crippen molar-refractivity contribution in [2.45, 2.75) is 25.8 Å². The van der Waals surface area contributed by atoms with E-state index in [1.807, 2.05) is 13.0 Å². The van der Waals surface area contributed by atoms with Crippen LogP contribution in [0.1, 0.15) is 30.1 Å². The number of nitrogens with one attached hydrogen (secondary N) is 2. The summed E-state index contributed by atoms with van der Waals surface area (Å²) in [5.74, 6) is 0.191. The Kier molecular flexibility index (Phi) is 4.22. The normalized spacial score (nSPS) is 14.9. The molecular weight excluding hydrogens is 382 g/mol. The minimum Gasteiger partial charge on any atom is -0.343 e. The number of imidazole rings is 1. The highest BCUT2D eigenvalue weighted by atomic mass is 16.1. The first kappa shape index (κ1) is 18.3. The number of rotatable bonds is 2. The average Bonchev–Trinajstić information content (AvgIpc) is 3.14. The van der Waals surface area contributed by atoms with Gasteiger partial charge in [0.05, 0.1) is 16.5 Å². The summed E-state index contributed by atoms with van der Waals surface area (Å²) in [4.78, 5) is 37.6. The molecule has 0 atom stereocenters. The van der Waals surface area contributed by atoms with Gasteiger partial charge in [0.25, 0.3) is 5.56 Å². The number of aromatic amines is 1. The highest BCUT2D eigenvalue weighted by Gasteiger charge is 2.19. The molecule has 1 saturated heterocycles. The minimum absolute atomic E-state index is 0.00521. The monoisotopic (exact) mass is 401 g/mol. The van der Waals surface area contributed by atoms with Crippen LogP contribution in [0.25, 0.3) is 27.9 Å². The lowest BCUT2D eigenvalue weighted by molar-refractivity contribution is 0.362. The molecule has 0 saturated carbocycles. The number of hydrogen-bond acceptors (Lipinski definition) is 6. The topological polar surface area (TPSA) is 121 Å². The van der Waals surface area contributed by atoms with E-state index in [0.29, 0.717) is 16.6 Å². The fourth-order valence-corrected chi connectivity index (χ4v) is 4.10. The SMILES string of the molecule is Cc1cn2cc(-c3ncc4c(=O)n(C5CCNCC5)ccc4n3)c(=O)c(C#N)c2[nH]1. The van der Waals surface area contributed by atoms with E-state index in [2.05, 4.69) is 20.3 Å². The second kappa shape index (κ2) is 6.93. The number of pyridine rings is 2. The van der Waals surface area contributed by atoms with Crippen molar-refractivity contribution in [3.8, 4) is 17.5 Å². The molecule has 0 unspecified atom stereocenters. The Bertz CT molecular complexity index is 1450. The lowest BCUT2D eigenvalue weighted by Crippen LogP contribution is -2.34. The number of aromatic nitrogens is 5. The van der Waals surface area contributed by atoms with Gasteiger partial charge in [-0.25, -0.2) is 9.97 Å². The lowest BCUT2D eigenvalue weighted by Gasteiger charge is -2.24. The van der Waals surface area contributed by atoms with Crippen LogP contribution in [0.4, 0.5) is 0 Å². The summed E-state index contributed by atoms with van der Waals surface area (Å²) in [6, 6.07) is 3.91. The van der Waals surface area contributed by atoms with Crippen LogP contribution in [-0.2, 0) is 0 Å². The van der Waals surface area contributed by atoms with Gasteiger partial charge in [0.15, 0.2) is 5.82 Å². The van der Waals surface area contributed by atoms with Crippen molar-refractivity contribution in [3.05, 3.63) is 62.7 Å². The van der Waals surface area contributed by atoms with Crippen LogP contribution >= 0.6 is 0 Å². The van der Waals surface area contributed by atoms with Crippen molar-refractivity contribution in [1.82, 2.24) is 29.2 Å². The number of H-pyrrole nitrogens is 1. The molecule has 1 fully saturated rings. The van der Waals surface area contributed by atoms with Gasteiger partial charge in [0.1, 0.15) is 17.3 Å². The third kappa shape index (κ3) is 2.81. The molecule has 4 aromatic heterocycles. The van der Waals surface area contributed by atoms with Crippen molar-refractivity contribution < 1.29 is 0 Å². The summed E-state index contributed by atoms with van der Waals surface area (Å²) in [6.45, 7) is 3.62. The van der Waals surface area contributed by atoms with E-state index in [-0.39, 0.29) is 28.6 Å². The van der Waals surface area contributed by atoms with Crippen LogP contribution in [0.15, 0.2) is 40.4 Å². The number of nitriles is 1. The largest absolute Gasteiger partial charge is 0.343 e. The number of fused-ring (bicyclic) bond motifs is 2. The van der Waals surface area contributed by atoms with Crippen LogP contribution in [0.5, 0.6) is 0 Å². The Morgan fingerprint density at radius 1 is 1.23 bits per heavy atom. The average molecular weight is 401 g/mol. The number of piperidine rings is 1. The minimum atomic E-state index is -0.443. The van der Waals surface area contributed by atoms with Crippen molar-refractivity contribution in [3.63, 3.8) is 0 Å². The fraction of sp³-hybridized carbons (Fsp3) is 0.286. The van der Waals surface area contributed by atoms with Gasteiger partial charge in [-0.15, -0.1) is 0 Å². The van der Waals surface area contributed by atoms with Gasteiger partial charge in [-0.2, -0.15) is 5.26 Å². The molecule has 150 valence electrons. The predicted octanol–water partition coefficient (Wildman–Crippen LogP) is 1.50. The Morgan fingerprint density at radius 3 is 2.80 bits per heavy atom. The molecule has 2 N–H and O–H groups in total. The van der Waals surface area contributed by atoms with Gasteiger partial charge in [-0.1, -0.05) is 0 Å². The smallest absolute Gasteiger partial charge is 0.261 e. The molecule has 30 heavy (non-hydrogen) atoms. The first-order valence-electron chi connectivity index (χ1n) is 9.80. The second-order valence-corrected chi connectivity index (χ2v) is 7.55. The number of hydrogen-bond donors (Lipinski definition) is 2. The zero-order valence-corrected chi connectivity index (χ0v) is 16.3. The van der Waals surface area contributed by atoms with Crippen molar-refractivity contribution in [1.29, 1.82) is 5.26 Å². The summed E-state index contributed by atoms with van der Waals surface area (Å²) >= 11 is 0. The van der Waals surface area contributed by atoms with Crippen LogP contribution in [0, 0.1) is 18.3 Å². The second-order valence-electron chi connectivity index (χ2n) is 7.55. The van der Waals surface area contributed by atoms with Crippen LogP contribution in [0.3, 0.4) is 0 Å². The maximum atomic E-state index is 13.0. The van der Waals surface area contributed by atoms with Crippen LogP contribution < -0.4 is 16.3 Å². The van der Waals surface area contributed by atoms with E-state index < -0.39 is 5.43 Å². The molecule has 0 radical (unpaired) electrons. The quantitative estimate of drug-likeness (QED) is 0.525. The van der Waals surface area contributed by atoms with Gasteiger partial charge < -0.3 is 19.3 Å². The van der Waals surface area contributed by atoms with Crippen molar-refractivity contribution in [2.75, 3.05) is 13.1 Å². The summed E-state index contributed by atoms with van der Waals surface area (Å²) in [7, 11) is 0. The first-order chi connectivity index (χ1) is 14.6. The molecule has 9 nitrogen and oxygen atoms in total. The van der Waals surface area contributed by atoms with Gasteiger partial charge in [0.2, 0.25) is 5.43 Å². The zero-order valence-electron chi connectivity index (χ0n) is 16.3. The van der Waals surface area contributed by atoms with Gasteiger partial charge in [0, 0.05) is 36.5 Å². The molecule has 0 bridgehead atoms. The maximum absolute atomic E-state index is 13.0. The maximum Gasteiger partial charge on any atom is 0.261 e. The molecule has 0 spiro atoms. The molecule has 4 aromatic rings. The van der Waals surface area contributed by atoms with E-state index >= 15 is 0 Å². The molecule has 0 aliphatic carbocycles. The lowest BCUT2D eigenvalue weighted by atomic mass is 10.1. The van der Waals surface area contributed by atoms with E-state index in [4.69, 9.17) is 0 Å². The van der Waals surface area contributed by atoms with E-state index in [0.717, 1.165) is 31.6 Å². The summed E-state index contributed by atoms with van der Waals surface area (Å²) in [5, 5.41) is 13.2. The summed E-state index contributed by atoms with van der Waals surface area (Å²) in [6.07, 6.45) is 8.43. The molecular formula is C21H19N7O2. The Hall–Kier alpha value is -3.77. The standard InChI is InChI=1S/C21H19N7O2/c1-12-10-27-11-16(18(29)14(8-22)20(27)25-12)19-24-9-15-17(26-19)4-7-28(21(15)30)13-2-5-23-6-3-13/h4,7,9-11,13,23,25H,2-3,5-6H2,1H3. The van der Waals surface area contributed by atoms with Gasteiger partial charge in [-0.3, -0.25) is 9.59 Å². The number of aryl methyl sites for hydroxylation is 1. The van der Waals surface area contributed by atoms with Gasteiger partial charge in [-0.05, 0) is 38.9 Å². The summed E-state index contributed by atoms with van der Waals surface area (Å²) in [5.41, 5.74) is 1.38. The molecule has 0 amide bonds. The van der Waals surface area contributed by atoms with Crippen LogP contribution in [-0.4, -0.2) is 37.0 Å². The van der Waals surface area contributed by atoms with E-state index in [1.54, 1.807) is 33.6 Å². The molecule has 5 heterocycles. The molecule has 1 aliphatic rings. The zero-order chi connectivity index (χ0) is 20.8. The molecule has 1 aliphatic heterocycles. The van der Waals surface area contributed by atoms with E-state index in [9.17, 15) is 14.9 Å². The fourth-order valence-electron chi connectivity index (χ4n) is 4.10. The van der Waals surface area contributed by atoms with Crippen molar-refractivity contribution in [2.24, 2.45) is 0 Å². The predicted molar refractivity (Wildman–Crippen MR) is 111 cm³/mol. The highest BCUT2D eigenvalue weighted by molar-refractivity contribution is 5.79.